The molecule has 126 valence electrons. The van der Waals surface area contributed by atoms with Crippen LogP contribution in [0.4, 0.5) is 5.69 Å². The van der Waals surface area contributed by atoms with Crippen LogP contribution in [0, 0.1) is 0 Å². The number of anilines is 1. The molecule has 0 bridgehead atoms. The van der Waals surface area contributed by atoms with Crippen LogP contribution in [-0.2, 0) is 9.59 Å². The fraction of sp³-hybridized carbons (Fsp3) is 0.529. The molecular formula is C17H24N2O4. The summed E-state index contributed by atoms with van der Waals surface area (Å²) in [5, 5.41) is 14.1. The highest BCUT2D eigenvalue weighted by molar-refractivity contribution is 5.93. The lowest BCUT2D eigenvalue weighted by Crippen LogP contribution is -3.18. The van der Waals surface area contributed by atoms with E-state index in [4.69, 9.17) is 4.74 Å². The lowest BCUT2D eigenvalue weighted by Gasteiger charge is -2.31. The normalized spacial score (nSPS) is 16.6. The summed E-state index contributed by atoms with van der Waals surface area (Å²) in [4.78, 5) is 24.5. The van der Waals surface area contributed by atoms with Gasteiger partial charge in [-0.15, -0.1) is 0 Å². The number of nitrogens with one attached hydrogen (secondary N) is 2. The number of aliphatic carboxylic acids is 1. The van der Waals surface area contributed by atoms with E-state index in [2.05, 4.69) is 5.32 Å². The summed E-state index contributed by atoms with van der Waals surface area (Å²) in [5.74, 6) is -0.721. The van der Waals surface area contributed by atoms with Gasteiger partial charge in [0.1, 0.15) is 11.8 Å². The number of hydrogen-bond donors (Lipinski definition) is 2. The van der Waals surface area contributed by atoms with Gasteiger partial charge in [0.25, 0.3) is 0 Å². The molecule has 0 radical (unpaired) electrons. The summed E-state index contributed by atoms with van der Waals surface area (Å²) in [6.45, 7) is 4.06. The van der Waals surface area contributed by atoms with Gasteiger partial charge in [0.2, 0.25) is 5.91 Å². The SMILES string of the molecule is CCOc1ccc(NC(=O)C[C@H](C(=O)[O-])[NH+]2CCCCC2)cc1. The first-order chi connectivity index (χ1) is 11.1. The monoisotopic (exact) mass is 320 g/mol. The largest absolute Gasteiger partial charge is 0.544 e. The molecule has 2 N–H and O–H groups in total. The number of rotatable bonds is 7. The van der Waals surface area contributed by atoms with E-state index in [-0.39, 0.29) is 12.3 Å². The first-order valence-electron chi connectivity index (χ1n) is 8.18. The van der Waals surface area contributed by atoms with Crippen molar-refractivity contribution in [3.05, 3.63) is 24.3 Å². The van der Waals surface area contributed by atoms with Crippen molar-refractivity contribution in [2.24, 2.45) is 0 Å². The van der Waals surface area contributed by atoms with Gasteiger partial charge in [-0.1, -0.05) is 0 Å². The summed E-state index contributed by atoms with van der Waals surface area (Å²) >= 11 is 0. The molecule has 1 aromatic carbocycles. The predicted octanol–water partition coefficient (Wildman–Crippen LogP) is -0.399. The Hall–Kier alpha value is -2.08. The highest BCUT2D eigenvalue weighted by Crippen LogP contribution is 2.15. The molecule has 1 heterocycles. The summed E-state index contributed by atoms with van der Waals surface area (Å²) in [6, 6.07) is 6.24. The molecule has 1 aliphatic heterocycles. The van der Waals surface area contributed by atoms with Gasteiger partial charge in [0, 0.05) is 5.69 Å². The molecule has 1 amide bonds. The van der Waals surface area contributed by atoms with E-state index in [1.807, 2.05) is 6.92 Å². The zero-order chi connectivity index (χ0) is 16.7. The molecule has 0 spiro atoms. The minimum atomic E-state index is -1.15. The highest BCUT2D eigenvalue weighted by Gasteiger charge is 2.27. The minimum Gasteiger partial charge on any atom is -0.544 e. The molecule has 23 heavy (non-hydrogen) atoms. The molecule has 1 fully saturated rings. The second kappa shape index (κ2) is 8.53. The fourth-order valence-electron chi connectivity index (χ4n) is 2.95. The van der Waals surface area contributed by atoms with Gasteiger partial charge in [-0.2, -0.15) is 0 Å². The van der Waals surface area contributed by atoms with Crippen molar-refractivity contribution < 1.29 is 24.3 Å². The number of carboxylic acids is 1. The Bertz CT molecular complexity index is 524. The van der Waals surface area contributed by atoms with Crippen LogP contribution in [0.25, 0.3) is 0 Å². The van der Waals surface area contributed by atoms with Crippen molar-refractivity contribution >= 4 is 17.6 Å². The molecule has 2 rings (SSSR count). The van der Waals surface area contributed by atoms with Crippen molar-refractivity contribution in [3.63, 3.8) is 0 Å². The van der Waals surface area contributed by atoms with E-state index in [9.17, 15) is 14.7 Å². The van der Waals surface area contributed by atoms with Crippen LogP contribution in [0.2, 0.25) is 0 Å². The Morgan fingerprint density at radius 1 is 1.22 bits per heavy atom. The quantitative estimate of drug-likeness (QED) is 0.716. The topological polar surface area (TPSA) is 82.9 Å². The van der Waals surface area contributed by atoms with Crippen LogP contribution in [0.5, 0.6) is 5.75 Å². The smallest absolute Gasteiger partial charge is 0.230 e. The van der Waals surface area contributed by atoms with Crippen molar-refractivity contribution in [1.29, 1.82) is 0 Å². The van der Waals surface area contributed by atoms with Crippen molar-refractivity contribution in [3.8, 4) is 5.75 Å². The number of carbonyl (C=O) groups is 2. The maximum absolute atomic E-state index is 12.1. The first kappa shape index (κ1) is 17.3. The summed E-state index contributed by atoms with van der Waals surface area (Å²) in [7, 11) is 0. The number of ether oxygens (including phenoxy) is 1. The fourth-order valence-corrected chi connectivity index (χ4v) is 2.95. The van der Waals surface area contributed by atoms with E-state index in [1.165, 1.54) is 0 Å². The highest BCUT2D eigenvalue weighted by atomic mass is 16.5. The molecule has 1 aromatic rings. The zero-order valence-corrected chi connectivity index (χ0v) is 13.5. The Morgan fingerprint density at radius 2 is 1.87 bits per heavy atom. The molecule has 0 unspecified atom stereocenters. The number of quaternary nitrogens is 1. The van der Waals surface area contributed by atoms with E-state index in [0.29, 0.717) is 12.3 Å². The Labute approximate surface area is 136 Å². The third-order valence-electron chi connectivity index (χ3n) is 4.11. The van der Waals surface area contributed by atoms with Crippen LogP contribution in [0.15, 0.2) is 24.3 Å². The average molecular weight is 320 g/mol. The molecular weight excluding hydrogens is 296 g/mol. The summed E-state index contributed by atoms with van der Waals surface area (Å²) < 4.78 is 5.34. The third-order valence-corrected chi connectivity index (χ3v) is 4.11. The number of amides is 1. The molecule has 0 saturated carbocycles. The van der Waals surface area contributed by atoms with Gasteiger partial charge >= 0.3 is 0 Å². The summed E-state index contributed by atoms with van der Waals surface area (Å²) in [5.41, 5.74) is 0.629. The second-order valence-corrected chi connectivity index (χ2v) is 5.80. The maximum Gasteiger partial charge on any atom is 0.230 e. The van der Waals surface area contributed by atoms with E-state index >= 15 is 0 Å². The van der Waals surface area contributed by atoms with Crippen molar-refractivity contribution in [2.75, 3.05) is 25.0 Å². The number of piperidine rings is 1. The van der Waals surface area contributed by atoms with E-state index in [1.54, 1.807) is 24.3 Å². The molecule has 1 atom stereocenters. The minimum absolute atomic E-state index is 0.0646. The van der Waals surface area contributed by atoms with Crippen molar-refractivity contribution in [1.82, 2.24) is 0 Å². The zero-order valence-electron chi connectivity index (χ0n) is 13.5. The van der Waals surface area contributed by atoms with E-state index in [0.717, 1.165) is 43.0 Å². The molecule has 0 aromatic heterocycles. The second-order valence-electron chi connectivity index (χ2n) is 5.80. The number of benzene rings is 1. The van der Waals surface area contributed by atoms with Crippen LogP contribution < -0.4 is 20.1 Å². The Balaban J connectivity index is 1.91. The number of carbonyl (C=O) groups excluding carboxylic acids is 2. The number of hydrogen-bond acceptors (Lipinski definition) is 4. The van der Waals surface area contributed by atoms with Crippen LogP contribution in [0.1, 0.15) is 32.6 Å². The molecule has 6 heteroatoms. The maximum atomic E-state index is 12.1. The third kappa shape index (κ3) is 5.25. The summed E-state index contributed by atoms with van der Waals surface area (Å²) in [6.07, 6.45) is 3.06. The van der Waals surface area contributed by atoms with Gasteiger partial charge in [-0.3, -0.25) is 4.79 Å². The predicted molar refractivity (Wildman–Crippen MR) is 84.2 cm³/mol. The standard InChI is InChI=1S/C17H24N2O4/c1-2-23-14-8-6-13(7-9-14)18-16(20)12-15(17(21)22)19-10-4-3-5-11-19/h6-9,15H,2-5,10-12H2,1H3,(H,18,20)(H,21,22)/t15-/m1/s1. The molecule has 1 saturated heterocycles. The molecule has 0 aliphatic carbocycles. The lowest BCUT2D eigenvalue weighted by molar-refractivity contribution is -0.922. The van der Waals surface area contributed by atoms with Crippen LogP contribution in [-0.4, -0.2) is 37.6 Å². The van der Waals surface area contributed by atoms with Gasteiger partial charge in [0.05, 0.1) is 32.1 Å². The number of carboxylic acid groups (broad SMARTS) is 1. The van der Waals surface area contributed by atoms with Gasteiger partial charge < -0.3 is 24.9 Å². The molecule has 6 nitrogen and oxygen atoms in total. The van der Waals surface area contributed by atoms with Crippen molar-refractivity contribution in [2.45, 2.75) is 38.6 Å². The average Bonchev–Trinajstić information content (AvgIpc) is 2.55. The number of likely N-dealkylation sites (tertiary alicyclic amines) is 1. The van der Waals surface area contributed by atoms with E-state index < -0.39 is 12.0 Å². The van der Waals surface area contributed by atoms with Gasteiger partial charge in [-0.05, 0) is 50.5 Å². The molecule has 1 aliphatic rings. The van der Waals surface area contributed by atoms with Crippen LogP contribution >= 0.6 is 0 Å². The van der Waals surface area contributed by atoms with Gasteiger partial charge in [-0.25, -0.2) is 0 Å². The first-order valence-corrected chi connectivity index (χ1v) is 8.18. The Morgan fingerprint density at radius 3 is 2.43 bits per heavy atom. The van der Waals surface area contributed by atoms with Crippen LogP contribution in [0.3, 0.4) is 0 Å². The van der Waals surface area contributed by atoms with Gasteiger partial charge in [0.15, 0.2) is 0 Å². The lowest BCUT2D eigenvalue weighted by atomic mass is 10.1. The Kier molecular flexibility index (Phi) is 6.40.